The van der Waals surface area contributed by atoms with Crippen molar-refractivity contribution >= 4 is 27.3 Å². The summed E-state index contributed by atoms with van der Waals surface area (Å²) in [6, 6.07) is 4.88. The SMILES string of the molecule is NNc1ccc(S(=O)(=O)Nc2ncccn2)c([N+](=O)[O-])c1. The van der Waals surface area contributed by atoms with Gasteiger partial charge in [0.15, 0.2) is 4.90 Å². The molecule has 1 aromatic heterocycles. The molecule has 1 aromatic carbocycles. The van der Waals surface area contributed by atoms with E-state index in [9.17, 15) is 18.5 Å². The van der Waals surface area contributed by atoms with E-state index in [-0.39, 0.29) is 11.6 Å². The molecule has 110 valence electrons. The van der Waals surface area contributed by atoms with Crippen molar-refractivity contribution in [2.75, 3.05) is 10.1 Å². The zero-order valence-corrected chi connectivity index (χ0v) is 11.2. The van der Waals surface area contributed by atoms with Crippen molar-refractivity contribution < 1.29 is 13.3 Å². The van der Waals surface area contributed by atoms with Gasteiger partial charge < -0.3 is 5.43 Å². The molecule has 2 aromatic rings. The molecular formula is C10H10N6O4S. The van der Waals surface area contributed by atoms with Crippen molar-refractivity contribution in [3.05, 3.63) is 46.8 Å². The van der Waals surface area contributed by atoms with Gasteiger partial charge in [0.25, 0.3) is 15.7 Å². The maximum atomic E-state index is 12.2. The van der Waals surface area contributed by atoms with Crippen molar-refractivity contribution in [1.82, 2.24) is 9.97 Å². The van der Waals surface area contributed by atoms with Crippen LogP contribution in [0.1, 0.15) is 0 Å². The highest BCUT2D eigenvalue weighted by atomic mass is 32.2. The third kappa shape index (κ3) is 3.21. The molecule has 0 fully saturated rings. The van der Waals surface area contributed by atoms with Crippen molar-refractivity contribution in [3.8, 4) is 0 Å². The lowest BCUT2D eigenvalue weighted by molar-refractivity contribution is -0.387. The largest absolute Gasteiger partial charge is 0.324 e. The fourth-order valence-electron chi connectivity index (χ4n) is 1.50. The normalized spacial score (nSPS) is 10.9. The lowest BCUT2D eigenvalue weighted by atomic mass is 10.3. The van der Waals surface area contributed by atoms with Gasteiger partial charge in [0.1, 0.15) is 0 Å². The minimum Gasteiger partial charge on any atom is -0.324 e. The molecule has 10 nitrogen and oxygen atoms in total. The number of nitro benzene ring substituents is 1. The lowest BCUT2D eigenvalue weighted by Gasteiger charge is -2.08. The molecule has 0 amide bonds. The Balaban J connectivity index is 2.47. The van der Waals surface area contributed by atoms with E-state index in [2.05, 4.69) is 20.1 Å². The van der Waals surface area contributed by atoms with Crippen LogP contribution >= 0.6 is 0 Å². The van der Waals surface area contributed by atoms with Gasteiger partial charge in [-0.2, -0.15) is 0 Å². The Hall–Kier alpha value is -2.79. The van der Waals surface area contributed by atoms with E-state index >= 15 is 0 Å². The molecule has 0 unspecified atom stereocenters. The van der Waals surface area contributed by atoms with Gasteiger partial charge in [-0.05, 0) is 18.2 Å². The van der Waals surface area contributed by atoms with Crippen LogP contribution in [0, 0.1) is 10.1 Å². The maximum absolute atomic E-state index is 12.2. The van der Waals surface area contributed by atoms with Crippen molar-refractivity contribution in [2.45, 2.75) is 4.90 Å². The number of hydrazine groups is 1. The van der Waals surface area contributed by atoms with Gasteiger partial charge in [-0.1, -0.05) is 0 Å². The number of nitrogen functional groups attached to an aromatic ring is 1. The van der Waals surface area contributed by atoms with Gasteiger partial charge >= 0.3 is 0 Å². The summed E-state index contributed by atoms with van der Waals surface area (Å²) in [5, 5.41) is 11.0. The zero-order chi connectivity index (χ0) is 15.5. The minimum atomic E-state index is -4.20. The standard InChI is InChI=1S/C10H10N6O4S/c11-14-7-2-3-9(8(6-7)16(17)18)21(19,20)15-10-12-4-1-5-13-10/h1-6,14H,11H2,(H,12,13,15). The number of nitro groups is 1. The van der Waals surface area contributed by atoms with Crippen molar-refractivity contribution in [2.24, 2.45) is 5.84 Å². The summed E-state index contributed by atoms with van der Waals surface area (Å²) in [6.45, 7) is 0. The first-order valence-electron chi connectivity index (χ1n) is 5.49. The molecule has 0 spiro atoms. The average molecular weight is 310 g/mol. The first-order chi connectivity index (χ1) is 9.94. The quantitative estimate of drug-likeness (QED) is 0.409. The molecule has 0 radical (unpaired) electrons. The Morgan fingerprint density at radius 3 is 2.48 bits per heavy atom. The third-order valence-corrected chi connectivity index (χ3v) is 3.78. The van der Waals surface area contributed by atoms with Crippen LogP contribution in [0.3, 0.4) is 0 Å². The summed E-state index contributed by atoms with van der Waals surface area (Å²) in [7, 11) is -4.20. The Labute approximate surface area is 119 Å². The number of hydrogen-bond donors (Lipinski definition) is 3. The fourth-order valence-corrected chi connectivity index (χ4v) is 2.62. The molecule has 4 N–H and O–H groups in total. The van der Waals surface area contributed by atoms with Crippen molar-refractivity contribution in [3.63, 3.8) is 0 Å². The molecule has 0 bridgehead atoms. The molecule has 0 atom stereocenters. The van der Waals surface area contributed by atoms with E-state index < -0.39 is 25.5 Å². The first-order valence-corrected chi connectivity index (χ1v) is 6.97. The predicted octanol–water partition coefficient (Wildman–Crippen LogP) is 0.471. The smallest absolute Gasteiger partial charge is 0.291 e. The summed E-state index contributed by atoms with van der Waals surface area (Å²) < 4.78 is 26.4. The van der Waals surface area contributed by atoms with E-state index in [0.717, 1.165) is 12.1 Å². The number of nitrogens with one attached hydrogen (secondary N) is 2. The summed E-state index contributed by atoms with van der Waals surface area (Å²) in [4.78, 5) is 17.1. The molecule has 0 saturated heterocycles. The second kappa shape index (κ2) is 5.68. The van der Waals surface area contributed by atoms with Gasteiger partial charge in [-0.25, -0.2) is 23.1 Å². The van der Waals surface area contributed by atoms with Gasteiger partial charge in [-0.3, -0.25) is 16.0 Å². The van der Waals surface area contributed by atoms with E-state index in [0.29, 0.717) is 0 Å². The number of nitrogens with zero attached hydrogens (tertiary/aromatic N) is 3. The highest BCUT2D eigenvalue weighted by Gasteiger charge is 2.26. The molecule has 11 heteroatoms. The number of sulfonamides is 1. The summed E-state index contributed by atoms with van der Waals surface area (Å²) >= 11 is 0. The summed E-state index contributed by atoms with van der Waals surface area (Å²) in [5.41, 5.74) is 1.79. The third-order valence-electron chi connectivity index (χ3n) is 2.40. The van der Waals surface area contributed by atoms with Crippen molar-refractivity contribution in [1.29, 1.82) is 0 Å². The molecule has 0 aliphatic carbocycles. The Morgan fingerprint density at radius 2 is 1.90 bits per heavy atom. The highest BCUT2D eigenvalue weighted by Crippen LogP contribution is 2.27. The van der Waals surface area contributed by atoms with Gasteiger partial charge in [0.2, 0.25) is 5.95 Å². The van der Waals surface area contributed by atoms with Crippen LogP contribution < -0.4 is 16.0 Å². The van der Waals surface area contributed by atoms with Crippen LogP contribution in [0.25, 0.3) is 0 Å². The number of benzene rings is 1. The van der Waals surface area contributed by atoms with E-state index in [1.165, 1.54) is 24.5 Å². The first kappa shape index (κ1) is 14.6. The number of aromatic nitrogens is 2. The Bertz CT molecular complexity index is 764. The van der Waals surface area contributed by atoms with Crippen LogP contribution in [0.5, 0.6) is 0 Å². The van der Waals surface area contributed by atoms with Crippen LogP contribution in [0.2, 0.25) is 0 Å². The van der Waals surface area contributed by atoms with Crippen LogP contribution in [-0.4, -0.2) is 23.3 Å². The van der Waals surface area contributed by atoms with Gasteiger partial charge in [0, 0.05) is 18.5 Å². The Morgan fingerprint density at radius 1 is 1.24 bits per heavy atom. The molecule has 0 saturated carbocycles. The van der Waals surface area contributed by atoms with Crippen LogP contribution in [0.4, 0.5) is 17.3 Å². The monoisotopic (exact) mass is 310 g/mol. The molecular weight excluding hydrogens is 300 g/mol. The molecule has 0 aliphatic heterocycles. The lowest BCUT2D eigenvalue weighted by Crippen LogP contribution is -2.17. The van der Waals surface area contributed by atoms with E-state index in [1.54, 1.807) is 0 Å². The van der Waals surface area contributed by atoms with E-state index in [1.807, 2.05) is 0 Å². The summed E-state index contributed by atoms with van der Waals surface area (Å²) in [5.74, 6) is 4.96. The number of hydrogen-bond acceptors (Lipinski definition) is 8. The second-order valence-electron chi connectivity index (χ2n) is 3.76. The second-order valence-corrected chi connectivity index (χ2v) is 5.41. The maximum Gasteiger partial charge on any atom is 0.291 e. The number of nitrogens with two attached hydrogens (primary N) is 1. The minimum absolute atomic E-state index is 0.187. The number of anilines is 2. The van der Waals surface area contributed by atoms with Crippen LogP contribution in [0.15, 0.2) is 41.6 Å². The molecule has 21 heavy (non-hydrogen) atoms. The average Bonchev–Trinajstić information content (AvgIpc) is 2.47. The number of rotatable bonds is 5. The predicted molar refractivity (Wildman–Crippen MR) is 73.7 cm³/mol. The Kier molecular flexibility index (Phi) is 3.95. The van der Waals surface area contributed by atoms with Gasteiger partial charge in [0.05, 0.1) is 10.6 Å². The van der Waals surface area contributed by atoms with Crippen LogP contribution in [-0.2, 0) is 10.0 Å². The molecule has 1 heterocycles. The highest BCUT2D eigenvalue weighted by molar-refractivity contribution is 7.92. The molecule has 2 rings (SSSR count). The topological polar surface area (TPSA) is 153 Å². The summed E-state index contributed by atoms with van der Waals surface area (Å²) in [6.07, 6.45) is 2.67. The van der Waals surface area contributed by atoms with E-state index in [4.69, 9.17) is 5.84 Å². The zero-order valence-electron chi connectivity index (χ0n) is 10.4. The fraction of sp³-hybridized carbons (Fsp3) is 0. The molecule has 0 aliphatic rings. The van der Waals surface area contributed by atoms with Gasteiger partial charge in [-0.15, -0.1) is 0 Å².